The lowest BCUT2D eigenvalue weighted by atomic mass is 9.91. The topological polar surface area (TPSA) is 28.2 Å². The van der Waals surface area contributed by atoms with Crippen molar-refractivity contribution >= 4 is 28.2 Å². The average molecular weight is 314 g/mol. The van der Waals surface area contributed by atoms with Gasteiger partial charge < -0.3 is 10.2 Å². The second-order valence-electron chi connectivity index (χ2n) is 6.43. The number of thiazole rings is 1. The van der Waals surface area contributed by atoms with Crippen LogP contribution in [0.4, 0.5) is 5.13 Å². The van der Waals surface area contributed by atoms with Gasteiger partial charge in [0.1, 0.15) is 0 Å². The maximum atomic E-state index is 4.97. The highest BCUT2D eigenvalue weighted by molar-refractivity contribution is 7.99. The molecular formula is C15H27N3S2. The van der Waals surface area contributed by atoms with Crippen LogP contribution in [0.2, 0.25) is 0 Å². The van der Waals surface area contributed by atoms with Crippen LogP contribution in [-0.2, 0) is 12.0 Å². The van der Waals surface area contributed by atoms with Crippen LogP contribution in [0.25, 0.3) is 0 Å². The quantitative estimate of drug-likeness (QED) is 0.900. The number of aromatic nitrogens is 1. The van der Waals surface area contributed by atoms with Crippen molar-refractivity contribution in [2.75, 3.05) is 30.0 Å². The third-order valence-electron chi connectivity index (χ3n) is 3.69. The van der Waals surface area contributed by atoms with Crippen molar-refractivity contribution < 1.29 is 0 Å². The van der Waals surface area contributed by atoms with Gasteiger partial charge in [0.05, 0.1) is 5.69 Å². The molecule has 0 aromatic carbocycles. The molecule has 5 heteroatoms. The van der Waals surface area contributed by atoms with Crippen LogP contribution in [0.5, 0.6) is 0 Å². The van der Waals surface area contributed by atoms with E-state index >= 15 is 0 Å². The second-order valence-corrected chi connectivity index (χ2v) is 8.64. The van der Waals surface area contributed by atoms with Gasteiger partial charge in [0.25, 0.3) is 0 Å². The Bertz CT molecular complexity index is 431. The van der Waals surface area contributed by atoms with E-state index in [2.05, 4.69) is 56.7 Å². The Hall–Kier alpha value is -0.260. The zero-order valence-electron chi connectivity index (χ0n) is 13.3. The fraction of sp³-hybridized carbons (Fsp3) is 0.800. The van der Waals surface area contributed by atoms with Gasteiger partial charge in [-0.15, -0.1) is 11.3 Å². The Morgan fingerprint density at radius 1 is 1.40 bits per heavy atom. The van der Waals surface area contributed by atoms with E-state index in [-0.39, 0.29) is 5.41 Å². The van der Waals surface area contributed by atoms with Gasteiger partial charge in [0.2, 0.25) is 0 Å². The second kappa shape index (κ2) is 6.67. The summed E-state index contributed by atoms with van der Waals surface area (Å²) >= 11 is 3.92. The SMILES string of the molecule is CCNCc1sc(N(C)C2CCSC2)nc1C(C)(C)C. The van der Waals surface area contributed by atoms with Crippen molar-refractivity contribution in [2.24, 2.45) is 0 Å². The van der Waals surface area contributed by atoms with E-state index in [1.165, 1.54) is 33.6 Å². The molecule has 1 aromatic rings. The fourth-order valence-electron chi connectivity index (χ4n) is 2.42. The predicted molar refractivity (Wildman–Crippen MR) is 92.3 cm³/mol. The lowest BCUT2D eigenvalue weighted by Gasteiger charge is -2.23. The van der Waals surface area contributed by atoms with Gasteiger partial charge in [-0.1, -0.05) is 27.7 Å². The van der Waals surface area contributed by atoms with E-state index in [1.807, 2.05) is 11.3 Å². The van der Waals surface area contributed by atoms with Crippen LogP contribution in [0.3, 0.4) is 0 Å². The van der Waals surface area contributed by atoms with Gasteiger partial charge in [-0.05, 0) is 18.7 Å². The minimum absolute atomic E-state index is 0.116. The summed E-state index contributed by atoms with van der Waals surface area (Å²) in [5.74, 6) is 2.53. The van der Waals surface area contributed by atoms with E-state index < -0.39 is 0 Å². The summed E-state index contributed by atoms with van der Waals surface area (Å²) in [4.78, 5) is 8.77. The molecule has 0 amide bonds. The maximum Gasteiger partial charge on any atom is 0.185 e. The van der Waals surface area contributed by atoms with E-state index in [0.717, 1.165) is 13.1 Å². The first-order chi connectivity index (χ1) is 9.43. The summed E-state index contributed by atoms with van der Waals surface area (Å²) in [6.07, 6.45) is 1.29. The van der Waals surface area contributed by atoms with E-state index in [1.54, 1.807) is 0 Å². The van der Waals surface area contributed by atoms with Gasteiger partial charge in [-0.2, -0.15) is 11.8 Å². The predicted octanol–water partition coefficient (Wildman–Crippen LogP) is 3.49. The summed E-state index contributed by atoms with van der Waals surface area (Å²) < 4.78 is 0. The van der Waals surface area contributed by atoms with Crippen LogP contribution in [0.1, 0.15) is 44.7 Å². The highest BCUT2D eigenvalue weighted by Crippen LogP contribution is 2.35. The van der Waals surface area contributed by atoms with Crippen LogP contribution in [0, 0.1) is 0 Å². The Morgan fingerprint density at radius 3 is 2.70 bits per heavy atom. The molecule has 1 fully saturated rings. The van der Waals surface area contributed by atoms with Crippen molar-refractivity contribution in [3.8, 4) is 0 Å². The summed E-state index contributed by atoms with van der Waals surface area (Å²) in [7, 11) is 2.21. The van der Waals surface area contributed by atoms with Crippen molar-refractivity contribution in [1.82, 2.24) is 10.3 Å². The van der Waals surface area contributed by atoms with Crippen molar-refractivity contribution in [3.63, 3.8) is 0 Å². The molecule has 1 aliphatic heterocycles. The van der Waals surface area contributed by atoms with E-state index in [4.69, 9.17) is 4.98 Å². The Labute approximate surface area is 131 Å². The number of anilines is 1. The fourth-order valence-corrected chi connectivity index (χ4v) is 4.96. The number of hydrogen-bond donors (Lipinski definition) is 1. The molecule has 1 aromatic heterocycles. The molecule has 0 aliphatic carbocycles. The zero-order valence-corrected chi connectivity index (χ0v) is 15.0. The van der Waals surface area contributed by atoms with E-state index in [9.17, 15) is 0 Å². The molecule has 1 N–H and O–H groups in total. The van der Waals surface area contributed by atoms with Crippen LogP contribution in [-0.4, -0.2) is 36.1 Å². The Morgan fingerprint density at radius 2 is 2.15 bits per heavy atom. The number of thioether (sulfide) groups is 1. The number of nitrogens with zero attached hydrogens (tertiary/aromatic N) is 2. The number of rotatable bonds is 5. The van der Waals surface area contributed by atoms with Crippen LogP contribution < -0.4 is 10.2 Å². The summed E-state index contributed by atoms with van der Waals surface area (Å²) in [5.41, 5.74) is 1.38. The van der Waals surface area contributed by atoms with Gasteiger partial charge in [0, 0.05) is 35.7 Å². The standard InChI is InChI=1S/C15H27N3S2/c1-6-16-9-12-13(15(2,3)4)17-14(20-12)18(5)11-7-8-19-10-11/h11,16H,6-10H2,1-5H3. The van der Waals surface area contributed by atoms with Crippen LogP contribution in [0.15, 0.2) is 0 Å². The molecule has 1 aliphatic rings. The highest BCUT2D eigenvalue weighted by Gasteiger charge is 2.27. The first-order valence-corrected chi connectivity index (χ1v) is 9.42. The minimum Gasteiger partial charge on any atom is -0.347 e. The average Bonchev–Trinajstić information content (AvgIpc) is 3.03. The molecule has 114 valence electrons. The molecule has 0 radical (unpaired) electrons. The summed E-state index contributed by atoms with van der Waals surface area (Å²) in [5, 5.41) is 4.64. The van der Waals surface area contributed by atoms with Gasteiger partial charge in [-0.25, -0.2) is 4.98 Å². The molecule has 3 nitrogen and oxygen atoms in total. The highest BCUT2D eigenvalue weighted by atomic mass is 32.2. The monoisotopic (exact) mass is 313 g/mol. The Kier molecular flexibility index (Phi) is 5.37. The molecule has 1 atom stereocenters. The van der Waals surface area contributed by atoms with Gasteiger partial charge in [0.15, 0.2) is 5.13 Å². The van der Waals surface area contributed by atoms with Crippen molar-refractivity contribution in [1.29, 1.82) is 0 Å². The lowest BCUT2D eigenvalue weighted by molar-refractivity contribution is 0.559. The summed E-state index contributed by atoms with van der Waals surface area (Å²) in [6.45, 7) is 10.9. The molecule has 0 bridgehead atoms. The summed E-state index contributed by atoms with van der Waals surface area (Å²) in [6, 6.07) is 0.658. The normalized spacial score (nSPS) is 19.6. The van der Waals surface area contributed by atoms with Crippen LogP contribution >= 0.6 is 23.1 Å². The molecule has 1 saturated heterocycles. The minimum atomic E-state index is 0.116. The molecule has 20 heavy (non-hydrogen) atoms. The molecule has 0 saturated carbocycles. The largest absolute Gasteiger partial charge is 0.347 e. The van der Waals surface area contributed by atoms with Gasteiger partial charge >= 0.3 is 0 Å². The van der Waals surface area contributed by atoms with E-state index in [0.29, 0.717) is 6.04 Å². The number of nitrogens with one attached hydrogen (secondary N) is 1. The zero-order chi connectivity index (χ0) is 14.8. The first kappa shape index (κ1) is 16.1. The van der Waals surface area contributed by atoms with Gasteiger partial charge in [-0.3, -0.25) is 0 Å². The molecular weight excluding hydrogens is 286 g/mol. The molecule has 1 unspecified atom stereocenters. The maximum absolute atomic E-state index is 4.97. The first-order valence-electron chi connectivity index (χ1n) is 7.45. The number of hydrogen-bond acceptors (Lipinski definition) is 5. The molecule has 2 rings (SSSR count). The van der Waals surface area contributed by atoms with Crippen molar-refractivity contribution in [2.45, 2.75) is 52.1 Å². The lowest BCUT2D eigenvalue weighted by Crippen LogP contribution is -2.31. The third-order valence-corrected chi connectivity index (χ3v) is 5.98. The smallest absolute Gasteiger partial charge is 0.185 e. The Balaban J connectivity index is 2.23. The molecule has 0 spiro atoms. The van der Waals surface area contributed by atoms with Crippen molar-refractivity contribution in [3.05, 3.63) is 10.6 Å². The third kappa shape index (κ3) is 3.68. The molecule has 2 heterocycles.